The Morgan fingerprint density at radius 1 is 1.22 bits per heavy atom. The molecule has 1 saturated heterocycles. The van der Waals surface area contributed by atoms with Crippen molar-refractivity contribution >= 4 is 43.0 Å². The third kappa shape index (κ3) is 4.43. The SMILES string of the molecule is Cc1noc(-c2ccc(N3CCN(S(=O)(=O)c4ccc(Br)s4)C(C)C3)c(C(F)(F)F)c2)n1. The lowest BCUT2D eigenvalue weighted by Gasteiger charge is -2.40. The zero-order valence-corrected chi connectivity index (χ0v) is 20.1. The van der Waals surface area contributed by atoms with Crippen molar-refractivity contribution in [3.63, 3.8) is 0 Å². The van der Waals surface area contributed by atoms with E-state index < -0.39 is 27.8 Å². The highest BCUT2D eigenvalue weighted by Crippen LogP contribution is 2.40. The third-order valence-electron chi connectivity index (χ3n) is 5.10. The van der Waals surface area contributed by atoms with Crippen molar-refractivity contribution in [3.05, 3.63) is 45.5 Å². The number of aryl methyl sites for hydroxylation is 1. The van der Waals surface area contributed by atoms with Crippen LogP contribution in [0.2, 0.25) is 0 Å². The Labute approximate surface area is 195 Å². The molecule has 0 radical (unpaired) electrons. The van der Waals surface area contributed by atoms with Crippen LogP contribution in [0.5, 0.6) is 0 Å². The van der Waals surface area contributed by atoms with Gasteiger partial charge in [0.1, 0.15) is 4.21 Å². The second kappa shape index (κ2) is 8.43. The van der Waals surface area contributed by atoms with Gasteiger partial charge >= 0.3 is 6.18 Å². The van der Waals surface area contributed by atoms with Crippen LogP contribution >= 0.6 is 27.3 Å². The first kappa shape index (κ1) is 23.2. The first-order valence-corrected chi connectivity index (χ1v) is 12.6. The molecule has 1 aromatic carbocycles. The molecule has 13 heteroatoms. The first-order chi connectivity index (χ1) is 15.0. The Morgan fingerprint density at radius 2 is 1.97 bits per heavy atom. The van der Waals surface area contributed by atoms with Crippen LogP contribution in [0.1, 0.15) is 18.3 Å². The summed E-state index contributed by atoms with van der Waals surface area (Å²) in [4.78, 5) is 5.55. The molecule has 1 atom stereocenters. The third-order valence-corrected chi connectivity index (χ3v) is 9.20. The number of thiophene rings is 1. The van der Waals surface area contributed by atoms with Gasteiger partial charge < -0.3 is 9.42 Å². The second-order valence-electron chi connectivity index (χ2n) is 7.35. The van der Waals surface area contributed by atoms with Gasteiger partial charge in [-0.1, -0.05) is 5.16 Å². The number of aromatic nitrogens is 2. The van der Waals surface area contributed by atoms with Crippen molar-refractivity contribution in [3.8, 4) is 11.5 Å². The van der Waals surface area contributed by atoms with Crippen molar-refractivity contribution < 1.29 is 26.1 Å². The maximum Gasteiger partial charge on any atom is 0.418 e. The molecule has 0 saturated carbocycles. The summed E-state index contributed by atoms with van der Waals surface area (Å²) in [5.41, 5.74) is -0.684. The molecule has 7 nitrogen and oxygen atoms in total. The van der Waals surface area contributed by atoms with E-state index >= 15 is 0 Å². The lowest BCUT2D eigenvalue weighted by Crippen LogP contribution is -2.54. The van der Waals surface area contributed by atoms with Crippen LogP contribution in [-0.2, 0) is 16.2 Å². The zero-order valence-electron chi connectivity index (χ0n) is 16.9. The van der Waals surface area contributed by atoms with E-state index in [2.05, 4.69) is 26.1 Å². The fourth-order valence-electron chi connectivity index (χ4n) is 3.65. The zero-order chi connectivity index (χ0) is 23.3. The van der Waals surface area contributed by atoms with Crippen molar-refractivity contribution in [1.29, 1.82) is 0 Å². The summed E-state index contributed by atoms with van der Waals surface area (Å²) in [6.07, 6.45) is -4.61. The highest BCUT2D eigenvalue weighted by atomic mass is 79.9. The number of rotatable bonds is 4. The van der Waals surface area contributed by atoms with E-state index in [1.54, 1.807) is 24.8 Å². The molecule has 2 aromatic heterocycles. The Kier molecular flexibility index (Phi) is 6.11. The van der Waals surface area contributed by atoms with E-state index in [0.717, 1.165) is 17.4 Å². The van der Waals surface area contributed by atoms with Crippen LogP contribution in [0.3, 0.4) is 0 Å². The Hall–Kier alpha value is -1.96. The highest BCUT2D eigenvalue weighted by molar-refractivity contribution is 9.11. The number of anilines is 1. The van der Waals surface area contributed by atoms with Gasteiger partial charge in [-0.25, -0.2) is 8.42 Å². The molecule has 3 heterocycles. The average molecular weight is 551 g/mol. The fraction of sp³-hybridized carbons (Fsp3) is 0.368. The Balaban J connectivity index is 1.62. The number of piperazine rings is 1. The first-order valence-electron chi connectivity index (χ1n) is 9.51. The normalized spacial score (nSPS) is 18.3. The van der Waals surface area contributed by atoms with Gasteiger partial charge in [0, 0.05) is 36.9 Å². The van der Waals surface area contributed by atoms with Crippen molar-refractivity contribution in [1.82, 2.24) is 14.4 Å². The van der Waals surface area contributed by atoms with Gasteiger partial charge in [0.25, 0.3) is 15.9 Å². The summed E-state index contributed by atoms with van der Waals surface area (Å²) >= 11 is 4.36. The molecule has 4 rings (SSSR count). The number of benzene rings is 1. The van der Waals surface area contributed by atoms with E-state index in [9.17, 15) is 21.6 Å². The van der Waals surface area contributed by atoms with Gasteiger partial charge in [0.05, 0.1) is 9.35 Å². The molecule has 0 bridgehead atoms. The lowest BCUT2D eigenvalue weighted by atomic mass is 10.1. The van der Waals surface area contributed by atoms with Crippen LogP contribution in [-0.4, -0.2) is 48.5 Å². The second-order valence-corrected chi connectivity index (χ2v) is 11.9. The van der Waals surface area contributed by atoms with Gasteiger partial charge in [-0.05, 0) is 60.1 Å². The minimum absolute atomic E-state index is 0.00550. The maximum atomic E-state index is 13.9. The molecule has 0 N–H and O–H groups in total. The highest BCUT2D eigenvalue weighted by Gasteiger charge is 2.39. The lowest BCUT2D eigenvalue weighted by molar-refractivity contribution is -0.137. The molecule has 0 spiro atoms. The molecular weight excluding hydrogens is 533 g/mol. The quantitative estimate of drug-likeness (QED) is 0.464. The van der Waals surface area contributed by atoms with E-state index in [4.69, 9.17) is 4.52 Å². The van der Waals surface area contributed by atoms with E-state index in [-0.39, 0.29) is 41.0 Å². The molecule has 0 amide bonds. The maximum absolute atomic E-state index is 13.9. The number of alkyl halides is 3. The van der Waals surface area contributed by atoms with Gasteiger partial charge in [0.2, 0.25) is 0 Å². The van der Waals surface area contributed by atoms with E-state index in [1.807, 2.05) is 0 Å². The van der Waals surface area contributed by atoms with Gasteiger partial charge in [-0.2, -0.15) is 22.5 Å². The number of hydrogen-bond acceptors (Lipinski definition) is 7. The number of sulfonamides is 1. The smallest absolute Gasteiger partial charge is 0.368 e. The molecule has 1 fully saturated rings. The minimum Gasteiger partial charge on any atom is -0.368 e. The molecule has 3 aromatic rings. The van der Waals surface area contributed by atoms with Crippen molar-refractivity contribution in [2.45, 2.75) is 30.3 Å². The molecule has 172 valence electrons. The largest absolute Gasteiger partial charge is 0.418 e. The number of hydrogen-bond donors (Lipinski definition) is 0. The molecular formula is C19H18BrF3N4O3S2. The summed E-state index contributed by atoms with van der Waals surface area (Å²) in [6, 6.07) is 6.50. The van der Waals surface area contributed by atoms with Crippen molar-refractivity contribution in [2.75, 3.05) is 24.5 Å². The van der Waals surface area contributed by atoms with Gasteiger partial charge in [-0.3, -0.25) is 0 Å². The average Bonchev–Trinajstić information content (AvgIpc) is 3.35. The molecule has 32 heavy (non-hydrogen) atoms. The predicted molar refractivity (Wildman–Crippen MR) is 117 cm³/mol. The van der Waals surface area contributed by atoms with Gasteiger partial charge in [0.15, 0.2) is 5.82 Å². The summed E-state index contributed by atoms with van der Waals surface area (Å²) in [6.45, 7) is 3.58. The van der Waals surface area contributed by atoms with E-state index in [1.165, 1.54) is 22.5 Å². The fourth-order valence-corrected chi connectivity index (χ4v) is 7.41. The predicted octanol–water partition coefficient (Wildman–Crippen LogP) is 4.79. The molecule has 1 unspecified atom stereocenters. The van der Waals surface area contributed by atoms with Crippen LogP contribution in [0, 0.1) is 6.92 Å². The molecule has 0 aliphatic carbocycles. The minimum atomic E-state index is -4.61. The van der Waals surface area contributed by atoms with Gasteiger partial charge in [-0.15, -0.1) is 11.3 Å². The van der Waals surface area contributed by atoms with Crippen LogP contribution < -0.4 is 4.90 Å². The summed E-state index contributed by atoms with van der Waals surface area (Å²) < 4.78 is 74.8. The van der Waals surface area contributed by atoms with Crippen LogP contribution in [0.15, 0.2) is 42.9 Å². The number of nitrogens with zero attached hydrogens (tertiary/aromatic N) is 4. The van der Waals surface area contributed by atoms with E-state index in [0.29, 0.717) is 9.61 Å². The van der Waals surface area contributed by atoms with Crippen molar-refractivity contribution in [2.24, 2.45) is 0 Å². The summed E-state index contributed by atoms with van der Waals surface area (Å²) in [5, 5.41) is 3.62. The van der Waals surface area contributed by atoms with Crippen LogP contribution in [0.25, 0.3) is 11.5 Å². The van der Waals surface area contributed by atoms with Crippen LogP contribution in [0.4, 0.5) is 18.9 Å². The Morgan fingerprint density at radius 3 is 2.53 bits per heavy atom. The topological polar surface area (TPSA) is 79.5 Å². The Bertz CT molecular complexity index is 1240. The number of halogens is 4. The summed E-state index contributed by atoms with van der Waals surface area (Å²) in [7, 11) is -3.73. The molecule has 1 aliphatic rings. The monoisotopic (exact) mass is 550 g/mol. The summed E-state index contributed by atoms with van der Waals surface area (Å²) in [5.74, 6) is 0.326. The standard InChI is InChI=1S/C19H18BrF3N4O3S2/c1-11-10-26(7-8-27(11)32(28,29)17-6-5-16(20)31-17)15-4-3-13(9-14(15)19(21,22)23)18-24-12(2)25-30-18/h3-6,9,11H,7-8,10H2,1-2H3. The molecule has 1 aliphatic heterocycles.